The monoisotopic (exact) mass is 834 g/mol. The van der Waals surface area contributed by atoms with Crippen LogP contribution in [0.4, 0.5) is 24.5 Å². The molecular weight excluding hydrogens is 785 g/mol. The zero-order chi connectivity index (χ0) is 40.5. The van der Waals surface area contributed by atoms with E-state index in [-0.39, 0.29) is 78.9 Å². The Hall–Kier alpha value is -3.79. The average molecular weight is 835 g/mol. The van der Waals surface area contributed by atoms with Crippen molar-refractivity contribution >= 4 is 60.0 Å². The number of thiol groups is 1. The van der Waals surface area contributed by atoms with Gasteiger partial charge in [0.15, 0.2) is 0 Å². The molecule has 4 amide bonds. The van der Waals surface area contributed by atoms with E-state index in [9.17, 15) is 37.6 Å². The summed E-state index contributed by atoms with van der Waals surface area (Å²) in [5, 5.41) is 14.5. The number of halogens is 4. The number of ether oxygens (including phenoxy) is 1. The Labute approximate surface area is 342 Å². The molecule has 1 saturated carbocycles. The number of benzene rings is 1. The number of anilines is 2. The van der Waals surface area contributed by atoms with Crippen molar-refractivity contribution in [3.63, 3.8) is 0 Å². The zero-order valence-corrected chi connectivity index (χ0v) is 34.1. The summed E-state index contributed by atoms with van der Waals surface area (Å²) >= 11 is 4.76. The van der Waals surface area contributed by atoms with E-state index in [0.29, 0.717) is 24.4 Å². The summed E-state index contributed by atoms with van der Waals surface area (Å²) in [5.74, 6) is -1.64. The number of piperidine rings is 1. The van der Waals surface area contributed by atoms with E-state index < -0.39 is 34.3 Å². The lowest BCUT2D eigenvalue weighted by atomic mass is 9.89. The second kappa shape index (κ2) is 18.0. The molecule has 3 aliphatic heterocycles. The lowest BCUT2D eigenvalue weighted by molar-refractivity contribution is -0.138. The predicted octanol–water partition coefficient (Wildman–Crippen LogP) is 4.92. The first-order valence-electron chi connectivity index (χ1n) is 19.1. The molecule has 0 spiro atoms. The minimum atomic E-state index is -4.75. The Morgan fingerprint density at radius 3 is 2.35 bits per heavy atom. The number of nitrogens with zero attached hydrogens (tertiary/aromatic N) is 6. The second-order valence-corrected chi connectivity index (χ2v) is 16.2. The summed E-state index contributed by atoms with van der Waals surface area (Å²) in [7, 11) is 0. The fourth-order valence-electron chi connectivity index (χ4n) is 8.66. The van der Waals surface area contributed by atoms with Gasteiger partial charge in [0.05, 0.1) is 65.5 Å². The van der Waals surface area contributed by atoms with E-state index in [1.165, 1.54) is 17.2 Å². The predicted molar refractivity (Wildman–Crippen MR) is 212 cm³/mol. The minimum absolute atomic E-state index is 0. The Balaban J connectivity index is 0.00000620. The van der Waals surface area contributed by atoms with Gasteiger partial charge in [0.25, 0.3) is 0 Å². The quantitative estimate of drug-likeness (QED) is 0.223. The van der Waals surface area contributed by atoms with Gasteiger partial charge in [0.2, 0.25) is 23.6 Å². The number of imide groups is 1. The van der Waals surface area contributed by atoms with Gasteiger partial charge in [-0.3, -0.25) is 49.1 Å². The number of nitrogens with one attached hydrogen (secondary N) is 2. The van der Waals surface area contributed by atoms with Crippen LogP contribution in [0, 0.1) is 11.3 Å². The number of aromatic nitrogens is 1. The zero-order valence-electron chi connectivity index (χ0n) is 32.4. The van der Waals surface area contributed by atoms with E-state index >= 15 is 0 Å². The van der Waals surface area contributed by atoms with Crippen LogP contribution in [-0.2, 0) is 30.1 Å². The van der Waals surface area contributed by atoms with Crippen LogP contribution in [0.3, 0.4) is 0 Å². The van der Waals surface area contributed by atoms with Gasteiger partial charge in [-0.15, -0.1) is 25.0 Å². The van der Waals surface area contributed by atoms with Gasteiger partial charge in [0.1, 0.15) is 5.50 Å². The molecule has 4 aliphatic rings. The first-order chi connectivity index (χ1) is 26.5. The molecule has 310 valence electrons. The standard InChI is InChI=1S/C39H49F3N8O5S.ClH/c1-23-20-47(21-24(2)48(23)22-34(52)45-26-6-13-32(44-19-26)30-12-14-33(51)46-35(30)53)15-16-55-29-10-8-27(9-11-29)50-37(56)49(36(54)38(50,3)4)28-7-5-25(18-43)31(17-28)39(40,41)42;/h5-7,13,17,19,23-24,27,29-30,37,56H,8-12,14-16,20-22H2,1-4H3,(H,45,52)(H,46,51,53);1H/t23-,24+,27?,29?,30?,37?;. The minimum Gasteiger partial charge on any atom is -0.377 e. The van der Waals surface area contributed by atoms with E-state index in [2.05, 4.69) is 39.3 Å². The number of hydrogen-bond acceptors (Lipinski definition) is 11. The summed E-state index contributed by atoms with van der Waals surface area (Å²) in [6.07, 6.45) is 0.520. The van der Waals surface area contributed by atoms with Crippen molar-refractivity contribution in [2.45, 2.75) is 114 Å². The van der Waals surface area contributed by atoms with Crippen LogP contribution in [0.5, 0.6) is 0 Å². The van der Waals surface area contributed by atoms with Gasteiger partial charge in [-0.1, -0.05) is 0 Å². The van der Waals surface area contributed by atoms with Crippen molar-refractivity contribution in [2.75, 3.05) is 43.0 Å². The highest BCUT2D eigenvalue weighted by molar-refractivity contribution is 7.81. The van der Waals surface area contributed by atoms with Crippen LogP contribution in [0.25, 0.3) is 0 Å². The summed E-state index contributed by atoms with van der Waals surface area (Å²) in [6.45, 7) is 10.8. The molecule has 2 unspecified atom stereocenters. The van der Waals surface area contributed by atoms with Gasteiger partial charge in [-0.25, -0.2) is 0 Å². The van der Waals surface area contributed by atoms with Gasteiger partial charge < -0.3 is 10.1 Å². The highest BCUT2D eigenvalue weighted by atomic mass is 35.5. The van der Waals surface area contributed by atoms with Crippen molar-refractivity contribution in [1.82, 2.24) is 25.0 Å². The van der Waals surface area contributed by atoms with Gasteiger partial charge >= 0.3 is 6.18 Å². The van der Waals surface area contributed by atoms with E-state index in [4.69, 9.17) is 17.4 Å². The van der Waals surface area contributed by atoms with Gasteiger partial charge in [-0.2, -0.15) is 18.4 Å². The number of alkyl halides is 3. The lowest BCUT2D eigenvalue weighted by Crippen LogP contribution is -2.58. The maximum Gasteiger partial charge on any atom is 0.417 e. The number of amides is 4. The Morgan fingerprint density at radius 1 is 1.07 bits per heavy atom. The number of nitriles is 1. The lowest BCUT2D eigenvalue weighted by Gasteiger charge is -2.44. The topological polar surface area (TPSA) is 151 Å². The van der Waals surface area contributed by atoms with Crippen LogP contribution < -0.4 is 15.5 Å². The maximum absolute atomic E-state index is 13.7. The van der Waals surface area contributed by atoms with Crippen LogP contribution in [-0.4, -0.2) is 111 Å². The van der Waals surface area contributed by atoms with E-state index in [1.807, 2.05) is 4.90 Å². The first kappa shape index (κ1) is 44.3. The van der Waals surface area contributed by atoms with Crippen LogP contribution in [0.2, 0.25) is 0 Å². The SMILES string of the molecule is C[C@@H]1CN(CCOC2CCC(N3C(S)N(c4ccc(C#N)c(C(F)(F)F)c4)C(=O)C3(C)C)CC2)C[C@H](C)N1CC(=O)Nc1ccc(C2CCC(=O)NC2=O)nc1.Cl. The Kier molecular flexibility index (Phi) is 14.0. The smallest absolute Gasteiger partial charge is 0.377 e. The fourth-order valence-corrected chi connectivity index (χ4v) is 9.37. The number of pyridine rings is 1. The van der Waals surface area contributed by atoms with Gasteiger partial charge in [0, 0.05) is 49.9 Å². The maximum atomic E-state index is 13.7. The number of carbonyl (C=O) groups is 4. The summed E-state index contributed by atoms with van der Waals surface area (Å²) in [4.78, 5) is 62.5. The second-order valence-electron chi connectivity index (χ2n) is 15.8. The first-order valence-corrected chi connectivity index (χ1v) is 19.6. The highest BCUT2D eigenvalue weighted by Crippen LogP contribution is 2.43. The Morgan fingerprint density at radius 2 is 1.75 bits per heavy atom. The van der Waals surface area contributed by atoms with Crippen LogP contribution >= 0.6 is 25.0 Å². The van der Waals surface area contributed by atoms with Crippen molar-refractivity contribution in [2.24, 2.45) is 0 Å². The Bertz CT molecular complexity index is 1840. The summed E-state index contributed by atoms with van der Waals surface area (Å²) in [5.41, 5.74) is -2.23. The van der Waals surface area contributed by atoms with Crippen LogP contribution in [0.1, 0.15) is 89.0 Å². The number of carbonyl (C=O) groups excluding carboxylic acids is 4. The molecule has 18 heteroatoms. The number of hydrogen-bond donors (Lipinski definition) is 3. The molecule has 2 N–H and O–H groups in total. The molecule has 2 aromatic rings. The third kappa shape index (κ3) is 9.75. The fraction of sp³-hybridized carbons (Fsp3) is 0.590. The molecule has 4 fully saturated rings. The molecule has 1 aliphatic carbocycles. The molecule has 57 heavy (non-hydrogen) atoms. The molecule has 3 saturated heterocycles. The highest BCUT2D eigenvalue weighted by Gasteiger charge is 2.54. The molecule has 13 nitrogen and oxygen atoms in total. The normalized spacial score (nSPS) is 27.4. The third-order valence-corrected chi connectivity index (χ3v) is 12.0. The third-order valence-electron chi connectivity index (χ3n) is 11.5. The molecule has 4 atom stereocenters. The summed E-state index contributed by atoms with van der Waals surface area (Å²) < 4.78 is 47.5. The van der Waals surface area contributed by atoms with Crippen molar-refractivity contribution in [3.8, 4) is 6.07 Å². The molecule has 6 rings (SSSR count). The van der Waals surface area contributed by atoms with E-state index in [0.717, 1.165) is 57.5 Å². The number of rotatable bonds is 10. The van der Waals surface area contributed by atoms with E-state index in [1.54, 1.807) is 32.0 Å². The molecule has 1 aromatic heterocycles. The molecule has 4 heterocycles. The van der Waals surface area contributed by atoms with Crippen molar-refractivity contribution in [1.29, 1.82) is 5.26 Å². The molecular formula is C39H50ClF3N8O5S. The van der Waals surface area contributed by atoms with Gasteiger partial charge in [-0.05, 0) is 90.1 Å². The largest absolute Gasteiger partial charge is 0.417 e. The van der Waals surface area contributed by atoms with Crippen molar-refractivity contribution in [3.05, 3.63) is 53.3 Å². The molecule has 1 aromatic carbocycles. The number of piperazine rings is 1. The van der Waals surface area contributed by atoms with Crippen LogP contribution in [0.15, 0.2) is 36.5 Å². The van der Waals surface area contributed by atoms with Crippen molar-refractivity contribution < 1.29 is 37.1 Å². The average Bonchev–Trinajstić information content (AvgIpc) is 3.32. The molecule has 0 bridgehead atoms. The summed E-state index contributed by atoms with van der Waals surface area (Å²) in [6, 6.07) is 8.55. The molecule has 0 radical (unpaired) electrons.